The number of nitrogens with two attached hydrogens (primary N) is 1. The van der Waals surface area contributed by atoms with E-state index in [1.54, 1.807) is 30.1 Å². The molecule has 0 saturated carbocycles. The van der Waals surface area contributed by atoms with Crippen molar-refractivity contribution >= 4 is 27.7 Å². The van der Waals surface area contributed by atoms with Gasteiger partial charge in [0, 0.05) is 28.5 Å². The molecule has 1 aromatic heterocycles. The van der Waals surface area contributed by atoms with E-state index in [4.69, 9.17) is 5.73 Å². The molecule has 0 aliphatic carbocycles. The first-order valence-corrected chi connectivity index (χ1v) is 7.18. The average Bonchev–Trinajstić information content (AvgIpc) is 2.39. The summed E-state index contributed by atoms with van der Waals surface area (Å²) in [5.74, 6) is 0.509. The van der Waals surface area contributed by atoms with Crippen LogP contribution in [0.15, 0.2) is 46.0 Å². The Morgan fingerprint density at radius 3 is 2.78 bits per heavy atom. The van der Waals surface area contributed by atoms with Crippen molar-refractivity contribution in [1.29, 1.82) is 0 Å². The van der Waals surface area contributed by atoms with Gasteiger partial charge in [-0.05, 0) is 39.7 Å². The second-order valence-electron chi connectivity index (χ2n) is 3.73. The lowest BCUT2D eigenvalue weighted by molar-refractivity contribution is 0.610. The molecule has 94 valence electrons. The summed E-state index contributed by atoms with van der Waals surface area (Å²) < 4.78 is 14.2. The molecule has 0 amide bonds. The number of pyridine rings is 1. The Labute approximate surface area is 118 Å². The van der Waals surface area contributed by atoms with Crippen molar-refractivity contribution in [2.75, 3.05) is 0 Å². The molecule has 5 heteroatoms. The van der Waals surface area contributed by atoms with E-state index in [-0.39, 0.29) is 12.4 Å². The van der Waals surface area contributed by atoms with Gasteiger partial charge in [0.1, 0.15) is 5.82 Å². The van der Waals surface area contributed by atoms with E-state index < -0.39 is 0 Å². The van der Waals surface area contributed by atoms with E-state index in [1.807, 2.05) is 12.1 Å². The minimum Gasteiger partial charge on any atom is -0.326 e. The van der Waals surface area contributed by atoms with E-state index >= 15 is 0 Å². The van der Waals surface area contributed by atoms with Crippen molar-refractivity contribution in [2.45, 2.75) is 17.3 Å². The normalized spacial score (nSPS) is 10.6. The maximum atomic E-state index is 13.3. The fourth-order valence-corrected chi connectivity index (χ4v) is 2.50. The first-order chi connectivity index (χ1) is 8.69. The van der Waals surface area contributed by atoms with Gasteiger partial charge in [-0.2, -0.15) is 0 Å². The molecule has 0 saturated heterocycles. The third-order valence-electron chi connectivity index (χ3n) is 2.42. The van der Waals surface area contributed by atoms with Crippen molar-refractivity contribution in [1.82, 2.24) is 4.98 Å². The molecule has 0 unspecified atom stereocenters. The van der Waals surface area contributed by atoms with Crippen LogP contribution in [-0.2, 0) is 12.3 Å². The fraction of sp³-hybridized carbons (Fsp3) is 0.154. The number of halogens is 2. The lowest BCUT2D eigenvalue weighted by Gasteiger charge is -2.05. The topological polar surface area (TPSA) is 38.9 Å². The van der Waals surface area contributed by atoms with E-state index in [0.717, 1.165) is 20.8 Å². The van der Waals surface area contributed by atoms with Gasteiger partial charge >= 0.3 is 0 Å². The Balaban J connectivity index is 2.04. The molecule has 2 nitrogen and oxygen atoms in total. The molecule has 0 fully saturated rings. The van der Waals surface area contributed by atoms with Crippen LogP contribution in [0.1, 0.15) is 11.1 Å². The molecular weight excluding hydrogens is 315 g/mol. The number of thioether (sulfide) groups is 1. The van der Waals surface area contributed by atoms with Crippen molar-refractivity contribution < 1.29 is 4.39 Å². The summed E-state index contributed by atoms with van der Waals surface area (Å²) in [6.07, 6.45) is 1.76. The molecule has 0 atom stereocenters. The predicted molar refractivity (Wildman–Crippen MR) is 75.8 cm³/mol. The average molecular weight is 327 g/mol. The number of rotatable bonds is 4. The molecule has 0 aliphatic rings. The van der Waals surface area contributed by atoms with Gasteiger partial charge in [-0.3, -0.25) is 0 Å². The lowest BCUT2D eigenvalue weighted by atomic mass is 10.1. The number of benzene rings is 1. The zero-order valence-electron chi connectivity index (χ0n) is 9.57. The van der Waals surface area contributed by atoms with Gasteiger partial charge in [0.2, 0.25) is 0 Å². The monoisotopic (exact) mass is 326 g/mol. The molecule has 18 heavy (non-hydrogen) atoms. The smallest absolute Gasteiger partial charge is 0.127 e. The summed E-state index contributed by atoms with van der Waals surface area (Å²) in [7, 11) is 0. The molecule has 2 rings (SSSR count). The van der Waals surface area contributed by atoms with Crippen LogP contribution in [0.25, 0.3) is 0 Å². The predicted octanol–water partition coefficient (Wildman–Crippen LogP) is 3.73. The fourth-order valence-electron chi connectivity index (χ4n) is 1.48. The second kappa shape index (κ2) is 6.31. The first kappa shape index (κ1) is 13.5. The van der Waals surface area contributed by atoms with Gasteiger partial charge in [-0.15, -0.1) is 11.8 Å². The van der Waals surface area contributed by atoms with Gasteiger partial charge in [0.25, 0.3) is 0 Å². The third-order valence-corrected chi connectivity index (χ3v) is 3.90. The maximum Gasteiger partial charge on any atom is 0.127 e. The molecule has 0 bridgehead atoms. The summed E-state index contributed by atoms with van der Waals surface area (Å²) >= 11 is 4.95. The Kier molecular flexibility index (Phi) is 4.74. The van der Waals surface area contributed by atoms with Crippen molar-refractivity contribution in [3.63, 3.8) is 0 Å². The van der Waals surface area contributed by atoms with Gasteiger partial charge in [-0.1, -0.05) is 12.1 Å². The number of aromatic nitrogens is 1. The van der Waals surface area contributed by atoms with Gasteiger partial charge in [-0.25, -0.2) is 9.37 Å². The number of nitrogens with zero attached hydrogens (tertiary/aromatic N) is 1. The van der Waals surface area contributed by atoms with Gasteiger partial charge in [0.05, 0.1) is 5.03 Å². The van der Waals surface area contributed by atoms with Crippen LogP contribution in [0.2, 0.25) is 0 Å². The van der Waals surface area contributed by atoms with Crippen LogP contribution in [0, 0.1) is 5.82 Å². The second-order valence-corrected chi connectivity index (χ2v) is 5.64. The van der Waals surface area contributed by atoms with Crippen LogP contribution in [0.5, 0.6) is 0 Å². The standard InChI is InChI=1S/C13H12BrFN2S/c14-11-2-4-13(17-7-11)18-8-9-1-3-12(15)10(5-9)6-16/h1-5,7H,6,8,16H2. The van der Waals surface area contributed by atoms with Gasteiger partial charge in [0.15, 0.2) is 0 Å². The Morgan fingerprint density at radius 2 is 2.11 bits per heavy atom. The Morgan fingerprint density at radius 1 is 1.28 bits per heavy atom. The Hall–Kier alpha value is -0.910. The highest BCUT2D eigenvalue weighted by molar-refractivity contribution is 9.10. The summed E-state index contributed by atoms with van der Waals surface area (Å²) in [6.45, 7) is 0.223. The third kappa shape index (κ3) is 3.54. The molecule has 1 heterocycles. The first-order valence-electron chi connectivity index (χ1n) is 5.41. The highest BCUT2D eigenvalue weighted by atomic mass is 79.9. The van der Waals surface area contributed by atoms with Crippen LogP contribution in [0.3, 0.4) is 0 Å². The molecule has 2 aromatic rings. The summed E-state index contributed by atoms with van der Waals surface area (Å²) in [6, 6.07) is 8.95. The van der Waals surface area contributed by atoms with Gasteiger partial charge < -0.3 is 5.73 Å². The number of hydrogen-bond acceptors (Lipinski definition) is 3. The van der Waals surface area contributed by atoms with Crippen molar-refractivity contribution in [3.05, 3.63) is 57.9 Å². The van der Waals surface area contributed by atoms with Crippen LogP contribution in [0.4, 0.5) is 4.39 Å². The van der Waals surface area contributed by atoms with Crippen LogP contribution < -0.4 is 5.73 Å². The largest absolute Gasteiger partial charge is 0.326 e. The summed E-state index contributed by atoms with van der Waals surface area (Å²) in [4.78, 5) is 4.27. The molecule has 2 N–H and O–H groups in total. The molecule has 0 aliphatic heterocycles. The quantitative estimate of drug-likeness (QED) is 0.870. The van der Waals surface area contributed by atoms with Crippen LogP contribution >= 0.6 is 27.7 Å². The molecule has 0 spiro atoms. The van der Waals surface area contributed by atoms with Crippen LogP contribution in [-0.4, -0.2) is 4.98 Å². The zero-order valence-corrected chi connectivity index (χ0v) is 12.0. The molecule has 0 radical (unpaired) electrons. The highest BCUT2D eigenvalue weighted by Gasteiger charge is 2.03. The summed E-state index contributed by atoms with van der Waals surface area (Å²) in [5.41, 5.74) is 7.08. The maximum absolute atomic E-state index is 13.3. The molecular formula is C13H12BrFN2S. The van der Waals surface area contributed by atoms with E-state index in [9.17, 15) is 4.39 Å². The van der Waals surface area contributed by atoms with Crippen molar-refractivity contribution in [3.8, 4) is 0 Å². The van der Waals surface area contributed by atoms with Crippen molar-refractivity contribution in [2.24, 2.45) is 5.73 Å². The Bertz CT molecular complexity index is 531. The minimum absolute atomic E-state index is 0.223. The lowest BCUT2D eigenvalue weighted by Crippen LogP contribution is -2.00. The van der Waals surface area contributed by atoms with E-state index in [1.165, 1.54) is 6.07 Å². The summed E-state index contributed by atoms with van der Waals surface area (Å²) in [5, 5.41) is 0.942. The highest BCUT2D eigenvalue weighted by Crippen LogP contribution is 2.23. The number of hydrogen-bond donors (Lipinski definition) is 1. The SMILES string of the molecule is NCc1cc(CSc2ccc(Br)cn2)ccc1F. The van der Waals surface area contributed by atoms with E-state index in [2.05, 4.69) is 20.9 Å². The zero-order chi connectivity index (χ0) is 13.0. The minimum atomic E-state index is -0.243. The molecule has 1 aromatic carbocycles. The van der Waals surface area contributed by atoms with E-state index in [0.29, 0.717) is 5.56 Å².